The molecule has 1 amide bonds. The maximum absolute atomic E-state index is 13.0. The Morgan fingerprint density at radius 1 is 0.822 bits per heavy atom. The molecular weight excluding hydrogens is 564 g/mol. The number of hydrogen-bond acceptors (Lipinski definition) is 9. The van der Waals surface area contributed by atoms with Crippen molar-refractivity contribution in [2.45, 2.75) is 6.54 Å². The van der Waals surface area contributed by atoms with Crippen molar-refractivity contribution >= 4 is 22.9 Å². The first kappa shape index (κ1) is 27.8. The number of nitrogens with zero attached hydrogens (tertiary/aromatic N) is 9. The van der Waals surface area contributed by atoms with Crippen LogP contribution in [0.2, 0.25) is 0 Å². The molecule has 11 nitrogen and oxygen atoms in total. The van der Waals surface area contributed by atoms with Gasteiger partial charge in [0.2, 0.25) is 0 Å². The van der Waals surface area contributed by atoms with Crippen LogP contribution in [0.3, 0.4) is 0 Å². The van der Waals surface area contributed by atoms with Gasteiger partial charge in [-0.3, -0.25) is 14.3 Å². The van der Waals surface area contributed by atoms with Crippen LogP contribution < -0.4 is 5.73 Å². The number of amides is 1. The van der Waals surface area contributed by atoms with Crippen LogP contribution in [0.5, 0.6) is 0 Å². The van der Waals surface area contributed by atoms with Crippen molar-refractivity contribution in [2.75, 3.05) is 31.9 Å². The molecule has 1 saturated heterocycles. The van der Waals surface area contributed by atoms with Crippen LogP contribution in [0.4, 0.5) is 5.82 Å². The van der Waals surface area contributed by atoms with E-state index in [1.807, 2.05) is 65.2 Å². The number of rotatable bonds is 6. The molecule has 220 valence electrons. The maximum Gasteiger partial charge on any atom is 0.275 e. The van der Waals surface area contributed by atoms with Gasteiger partial charge in [0.15, 0.2) is 22.9 Å². The smallest absolute Gasteiger partial charge is 0.275 e. The monoisotopic (exact) mass is 592 g/mol. The summed E-state index contributed by atoms with van der Waals surface area (Å²) in [5.74, 6) is 0.810. The SMILES string of the molecule is N#Cc1nccnc1C(=O)N1CCN(Cc2ccc(-n3c(-c4cccnc4N)nc4ccc(-c5ccccc5)nc43)cc2)CC1. The number of piperazine rings is 1. The van der Waals surface area contributed by atoms with Crippen LogP contribution in [0, 0.1) is 11.3 Å². The second-order valence-corrected chi connectivity index (χ2v) is 10.7. The second kappa shape index (κ2) is 11.9. The van der Waals surface area contributed by atoms with Crippen LogP contribution in [-0.2, 0) is 6.54 Å². The van der Waals surface area contributed by atoms with Crippen LogP contribution in [0.1, 0.15) is 21.7 Å². The topological polar surface area (TPSA) is 143 Å². The van der Waals surface area contributed by atoms with E-state index in [-0.39, 0.29) is 17.3 Å². The Morgan fingerprint density at radius 3 is 2.36 bits per heavy atom. The number of carbonyl (C=O) groups is 1. The molecule has 2 aromatic carbocycles. The average Bonchev–Trinajstić information content (AvgIpc) is 3.48. The summed E-state index contributed by atoms with van der Waals surface area (Å²) in [6.45, 7) is 3.24. The summed E-state index contributed by atoms with van der Waals surface area (Å²) >= 11 is 0. The van der Waals surface area contributed by atoms with Gasteiger partial charge in [-0.05, 0) is 42.0 Å². The number of nitrogen functional groups attached to an aromatic ring is 1. The second-order valence-electron chi connectivity index (χ2n) is 10.7. The molecule has 0 atom stereocenters. The van der Waals surface area contributed by atoms with E-state index in [2.05, 4.69) is 44.1 Å². The summed E-state index contributed by atoms with van der Waals surface area (Å²) in [6.07, 6.45) is 4.52. The Morgan fingerprint density at radius 2 is 1.60 bits per heavy atom. The van der Waals surface area contributed by atoms with Gasteiger partial charge in [-0.2, -0.15) is 5.26 Å². The maximum atomic E-state index is 13.0. The van der Waals surface area contributed by atoms with Gasteiger partial charge in [-0.15, -0.1) is 0 Å². The highest BCUT2D eigenvalue weighted by Gasteiger charge is 2.25. The Balaban J connectivity index is 1.14. The Labute approximate surface area is 259 Å². The minimum absolute atomic E-state index is 0.0524. The van der Waals surface area contributed by atoms with Crippen molar-refractivity contribution in [1.82, 2.24) is 39.3 Å². The first-order valence-corrected chi connectivity index (χ1v) is 14.6. The lowest BCUT2D eigenvalue weighted by Gasteiger charge is -2.34. The third-order valence-corrected chi connectivity index (χ3v) is 7.92. The number of benzene rings is 2. The zero-order chi connectivity index (χ0) is 30.8. The van der Waals surface area contributed by atoms with E-state index in [1.165, 1.54) is 12.4 Å². The Kier molecular flexibility index (Phi) is 7.39. The van der Waals surface area contributed by atoms with Crippen LogP contribution in [0.25, 0.3) is 39.5 Å². The molecule has 5 heterocycles. The summed E-state index contributed by atoms with van der Waals surface area (Å²) in [6, 6.07) is 28.1. The van der Waals surface area contributed by atoms with Gasteiger partial charge < -0.3 is 10.6 Å². The fourth-order valence-electron chi connectivity index (χ4n) is 5.60. The van der Waals surface area contributed by atoms with Gasteiger partial charge in [-0.25, -0.2) is 24.9 Å². The summed E-state index contributed by atoms with van der Waals surface area (Å²) in [4.78, 5) is 39.4. The molecule has 1 aliphatic heterocycles. The normalized spacial score (nSPS) is 13.5. The van der Waals surface area contributed by atoms with E-state index in [0.717, 1.165) is 45.8 Å². The number of aromatic nitrogens is 6. The predicted octanol–water partition coefficient (Wildman–Crippen LogP) is 4.35. The molecule has 4 aromatic heterocycles. The van der Waals surface area contributed by atoms with E-state index in [0.29, 0.717) is 37.8 Å². The van der Waals surface area contributed by atoms with Crippen LogP contribution in [-0.4, -0.2) is 71.4 Å². The van der Waals surface area contributed by atoms with E-state index < -0.39 is 0 Å². The Hall–Kier alpha value is -5.99. The van der Waals surface area contributed by atoms with Crippen molar-refractivity contribution in [1.29, 1.82) is 5.26 Å². The molecule has 1 fully saturated rings. The van der Waals surface area contributed by atoms with Crippen molar-refractivity contribution in [3.8, 4) is 34.4 Å². The molecule has 0 spiro atoms. The minimum Gasteiger partial charge on any atom is -0.383 e. The lowest BCUT2D eigenvalue weighted by atomic mass is 10.1. The highest BCUT2D eigenvalue weighted by atomic mass is 16.2. The van der Waals surface area contributed by atoms with Gasteiger partial charge in [0.25, 0.3) is 5.91 Å². The third-order valence-electron chi connectivity index (χ3n) is 7.92. The molecule has 0 bridgehead atoms. The quantitative estimate of drug-likeness (QED) is 0.299. The highest BCUT2D eigenvalue weighted by Crippen LogP contribution is 2.32. The lowest BCUT2D eigenvalue weighted by molar-refractivity contribution is 0.0622. The number of pyridine rings is 2. The molecule has 0 radical (unpaired) electrons. The number of anilines is 1. The van der Waals surface area contributed by atoms with Crippen molar-refractivity contribution < 1.29 is 4.79 Å². The average molecular weight is 593 g/mol. The van der Waals surface area contributed by atoms with E-state index in [9.17, 15) is 10.1 Å². The first-order valence-electron chi connectivity index (χ1n) is 14.6. The molecule has 2 N–H and O–H groups in total. The molecule has 45 heavy (non-hydrogen) atoms. The summed E-state index contributed by atoms with van der Waals surface area (Å²) in [7, 11) is 0. The highest BCUT2D eigenvalue weighted by molar-refractivity contribution is 5.94. The van der Waals surface area contributed by atoms with Gasteiger partial charge in [0, 0.05) is 62.6 Å². The zero-order valence-corrected chi connectivity index (χ0v) is 24.3. The number of nitrogens with two attached hydrogens (primary N) is 1. The minimum atomic E-state index is -0.259. The molecular formula is C34H28N10O. The number of carbonyl (C=O) groups excluding carboxylic acids is 1. The molecule has 0 saturated carbocycles. The summed E-state index contributed by atoms with van der Waals surface area (Å²) in [5.41, 5.74) is 12.6. The molecule has 0 aliphatic carbocycles. The standard InChI is InChI=1S/C34H28N10O/c35-21-29-30(38-16-15-37-29)34(45)43-19-17-42(18-20-43)22-23-8-10-25(11-9-23)44-32(26-7-4-14-39-31(26)36)41-28-13-12-27(40-33(28)44)24-5-2-1-3-6-24/h1-16H,17-20,22H2,(H2,36,39). The fraction of sp³-hybridized carbons (Fsp3) is 0.147. The van der Waals surface area contributed by atoms with Gasteiger partial charge in [0.05, 0.1) is 11.3 Å². The molecule has 6 aromatic rings. The first-order chi connectivity index (χ1) is 22.1. The van der Waals surface area contributed by atoms with E-state index in [1.54, 1.807) is 11.1 Å². The summed E-state index contributed by atoms with van der Waals surface area (Å²) in [5, 5.41) is 9.30. The van der Waals surface area contributed by atoms with E-state index in [4.69, 9.17) is 15.7 Å². The molecule has 1 aliphatic rings. The summed E-state index contributed by atoms with van der Waals surface area (Å²) < 4.78 is 2.03. The molecule has 7 rings (SSSR count). The number of fused-ring (bicyclic) bond motifs is 1. The van der Waals surface area contributed by atoms with Gasteiger partial charge in [-0.1, -0.05) is 42.5 Å². The number of imidazole rings is 1. The number of hydrogen-bond donors (Lipinski definition) is 1. The van der Waals surface area contributed by atoms with Crippen LogP contribution >= 0.6 is 0 Å². The van der Waals surface area contributed by atoms with Crippen molar-refractivity contribution in [3.05, 3.63) is 114 Å². The fourth-order valence-corrected chi connectivity index (χ4v) is 5.60. The number of nitriles is 1. The van der Waals surface area contributed by atoms with Crippen LogP contribution in [0.15, 0.2) is 97.5 Å². The zero-order valence-electron chi connectivity index (χ0n) is 24.3. The van der Waals surface area contributed by atoms with Gasteiger partial charge >= 0.3 is 0 Å². The predicted molar refractivity (Wildman–Crippen MR) is 170 cm³/mol. The van der Waals surface area contributed by atoms with Crippen molar-refractivity contribution in [3.63, 3.8) is 0 Å². The lowest BCUT2D eigenvalue weighted by Crippen LogP contribution is -2.48. The molecule has 11 heteroatoms. The Bertz CT molecular complexity index is 2040. The van der Waals surface area contributed by atoms with E-state index >= 15 is 0 Å². The molecule has 0 unspecified atom stereocenters. The largest absolute Gasteiger partial charge is 0.383 e. The third kappa shape index (κ3) is 5.46. The van der Waals surface area contributed by atoms with Crippen molar-refractivity contribution in [2.24, 2.45) is 0 Å². The van der Waals surface area contributed by atoms with Gasteiger partial charge in [0.1, 0.15) is 17.4 Å².